The Labute approximate surface area is 117 Å². The van der Waals surface area contributed by atoms with Gasteiger partial charge in [-0.2, -0.15) is 0 Å². The van der Waals surface area contributed by atoms with Gasteiger partial charge in [-0.15, -0.1) is 24.0 Å². The first-order valence-corrected chi connectivity index (χ1v) is 5.32. The van der Waals surface area contributed by atoms with Gasteiger partial charge in [0.15, 0.2) is 17.5 Å². The second-order valence-electron chi connectivity index (χ2n) is 3.70. The summed E-state index contributed by atoms with van der Waals surface area (Å²) in [5.74, 6) is 2.51. The molecule has 0 amide bonds. The standard InChI is InChI=1S/C11H13N3O2.HI/c1-2-9-10(16-7-15-9)5-8(1)6-14-11-12-3-4-13-11;/h1-2,5H,3-4,6-7H2,(H2,12,13,14);1H. The van der Waals surface area contributed by atoms with Crippen LogP contribution in [-0.4, -0.2) is 25.8 Å². The van der Waals surface area contributed by atoms with Crippen molar-refractivity contribution in [3.05, 3.63) is 23.8 Å². The van der Waals surface area contributed by atoms with Gasteiger partial charge in [0, 0.05) is 13.1 Å². The number of benzene rings is 1. The van der Waals surface area contributed by atoms with Crippen molar-refractivity contribution in [2.75, 3.05) is 19.9 Å². The summed E-state index contributed by atoms with van der Waals surface area (Å²) in [4.78, 5) is 4.26. The molecule has 0 saturated heterocycles. The third kappa shape index (κ3) is 2.74. The average Bonchev–Trinajstić information content (AvgIpc) is 2.97. The maximum atomic E-state index is 5.32. The van der Waals surface area contributed by atoms with Crippen LogP contribution in [0.3, 0.4) is 0 Å². The summed E-state index contributed by atoms with van der Waals surface area (Å²) in [7, 11) is 0. The summed E-state index contributed by atoms with van der Waals surface area (Å²) < 4.78 is 10.6. The van der Waals surface area contributed by atoms with Crippen LogP contribution in [0.5, 0.6) is 11.5 Å². The molecule has 2 heterocycles. The number of guanidine groups is 1. The summed E-state index contributed by atoms with van der Waals surface area (Å²) in [5.41, 5.74) is 1.15. The normalized spacial score (nSPS) is 15.9. The van der Waals surface area contributed by atoms with E-state index in [-0.39, 0.29) is 24.0 Å². The molecule has 0 bridgehead atoms. The summed E-state index contributed by atoms with van der Waals surface area (Å²) >= 11 is 0. The van der Waals surface area contributed by atoms with Crippen LogP contribution in [0, 0.1) is 0 Å². The molecule has 0 aliphatic carbocycles. The first-order valence-electron chi connectivity index (χ1n) is 5.32. The number of aliphatic imine (C=N–C) groups is 1. The predicted octanol–water partition coefficient (Wildman–Crippen LogP) is 1.08. The number of fused-ring (bicyclic) bond motifs is 1. The minimum absolute atomic E-state index is 0. The summed E-state index contributed by atoms with van der Waals surface area (Å²) in [6.45, 7) is 2.83. The van der Waals surface area contributed by atoms with Crippen LogP contribution >= 0.6 is 24.0 Å². The van der Waals surface area contributed by atoms with E-state index in [1.54, 1.807) is 0 Å². The molecule has 17 heavy (non-hydrogen) atoms. The molecule has 5 nitrogen and oxygen atoms in total. The predicted molar refractivity (Wildman–Crippen MR) is 75.1 cm³/mol. The van der Waals surface area contributed by atoms with Crippen molar-refractivity contribution in [2.45, 2.75) is 6.54 Å². The van der Waals surface area contributed by atoms with Crippen LogP contribution < -0.4 is 20.1 Å². The highest BCUT2D eigenvalue weighted by molar-refractivity contribution is 14.0. The first-order chi connectivity index (χ1) is 7.92. The molecule has 0 saturated carbocycles. The Bertz CT molecular complexity index is 437. The highest BCUT2D eigenvalue weighted by Crippen LogP contribution is 2.32. The number of hydrogen-bond donors (Lipinski definition) is 2. The van der Waals surface area contributed by atoms with E-state index in [1.807, 2.05) is 18.2 Å². The Morgan fingerprint density at radius 1 is 1.29 bits per heavy atom. The van der Waals surface area contributed by atoms with E-state index in [1.165, 1.54) is 0 Å². The van der Waals surface area contributed by atoms with Crippen LogP contribution in [0.2, 0.25) is 0 Å². The van der Waals surface area contributed by atoms with Gasteiger partial charge in [0.25, 0.3) is 0 Å². The molecule has 2 aliphatic rings. The molecule has 0 unspecified atom stereocenters. The maximum Gasteiger partial charge on any atom is 0.231 e. The fourth-order valence-electron chi connectivity index (χ4n) is 1.75. The molecule has 0 radical (unpaired) electrons. The zero-order valence-electron chi connectivity index (χ0n) is 9.23. The number of nitrogens with zero attached hydrogens (tertiary/aromatic N) is 1. The molecule has 2 N–H and O–H groups in total. The molecule has 0 fully saturated rings. The van der Waals surface area contributed by atoms with E-state index in [4.69, 9.17) is 9.47 Å². The number of rotatable bonds is 2. The van der Waals surface area contributed by atoms with Crippen LogP contribution in [0.25, 0.3) is 0 Å². The molecule has 1 aromatic rings. The van der Waals surface area contributed by atoms with E-state index >= 15 is 0 Å². The number of hydrogen-bond acceptors (Lipinski definition) is 5. The van der Waals surface area contributed by atoms with E-state index < -0.39 is 0 Å². The number of nitrogens with one attached hydrogen (secondary N) is 2. The van der Waals surface area contributed by atoms with Gasteiger partial charge in [-0.1, -0.05) is 6.07 Å². The molecule has 92 valence electrons. The van der Waals surface area contributed by atoms with E-state index in [0.29, 0.717) is 6.79 Å². The highest BCUT2D eigenvalue weighted by Gasteiger charge is 2.13. The van der Waals surface area contributed by atoms with Crippen molar-refractivity contribution in [1.82, 2.24) is 10.6 Å². The van der Waals surface area contributed by atoms with Gasteiger partial charge in [0.2, 0.25) is 6.79 Å². The Morgan fingerprint density at radius 2 is 2.18 bits per heavy atom. The van der Waals surface area contributed by atoms with Gasteiger partial charge in [0.1, 0.15) is 0 Å². The fraction of sp³-hybridized carbons (Fsp3) is 0.364. The summed E-state index contributed by atoms with van der Waals surface area (Å²) in [6, 6.07) is 5.95. The van der Waals surface area contributed by atoms with E-state index in [0.717, 1.165) is 42.7 Å². The monoisotopic (exact) mass is 347 g/mol. The van der Waals surface area contributed by atoms with Crippen molar-refractivity contribution in [3.63, 3.8) is 0 Å². The molecular formula is C11H14IN3O2. The Hall–Kier alpha value is -1.18. The Kier molecular flexibility index (Phi) is 3.93. The fourth-order valence-corrected chi connectivity index (χ4v) is 1.75. The third-order valence-corrected chi connectivity index (χ3v) is 2.57. The average molecular weight is 347 g/mol. The third-order valence-electron chi connectivity index (χ3n) is 2.57. The topological polar surface area (TPSA) is 54.9 Å². The zero-order chi connectivity index (χ0) is 10.8. The van der Waals surface area contributed by atoms with Crippen molar-refractivity contribution < 1.29 is 9.47 Å². The van der Waals surface area contributed by atoms with E-state index in [2.05, 4.69) is 15.6 Å². The molecular weight excluding hydrogens is 333 g/mol. The van der Waals surface area contributed by atoms with Gasteiger partial charge >= 0.3 is 0 Å². The maximum absolute atomic E-state index is 5.32. The van der Waals surface area contributed by atoms with Crippen LogP contribution in [0.4, 0.5) is 0 Å². The lowest BCUT2D eigenvalue weighted by Crippen LogP contribution is -2.33. The summed E-state index contributed by atoms with van der Waals surface area (Å²) in [6.07, 6.45) is 0. The summed E-state index contributed by atoms with van der Waals surface area (Å²) in [5, 5.41) is 6.39. The lowest BCUT2D eigenvalue weighted by molar-refractivity contribution is 0.174. The van der Waals surface area contributed by atoms with Gasteiger partial charge in [-0.25, -0.2) is 0 Å². The highest BCUT2D eigenvalue weighted by atomic mass is 127. The van der Waals surface area contributed by atoms with Gasteiger partial charge < -0.3 is 20.1 Å². The number of ether oxygens (including phenoxy) is 2. The first kappa shape index (κ1) is 12.3. The SMILES string of the molecule is I.c1cc2c(cc1CNC1=NCCN1)OCO2. The molecule has 3 rings (SSSR count). The lowest BCUT2D eigenvalue weighted by Gasteiger charge is -2.07. The molecule has 2 aliphatic heterocycles. The molecule has 6 heteroatoms. The zero-order valence-corrected chi connectivity index (χ0v) is 11.6. The van der Waals surface area contributed by atoms with Crippen LogP contribution in [0.1, 0.15) is 5.56 Å². The van der Waals surface area contributed by atoms with Crippen LogP contribution in [0.15, 0.2) is 23.2 Å². The largest absolute Gasteiger partial charge is 0.454 e. The lowest BCUT2D eigenvalue weighted by atomic mass is 10.2. The number of halogens is 1. The van der Waals surface area contributed by atoms with Crippen molar-refractivity contribution in [3.8, 4) is 11.5 Å². The Morgan fingerprint density at radius 3 is 3.00 bits per heavy atom. The molecule has 0 spiro atoms. The van der Waals surface area contributed by atoms with Crippen molar-refractivity contribution in [1.29, 1.82) is 0 Å². The second kappa shape index (κ2) is 5.44. The minimum atomic E-state index is 0. The van der Waals surface area contributed by atoms with Crippen molar-refractivity contribution >= 4 is 29.9 Å². The van der Waals surface area contributed by atoms with E-state index in [9.17, 15) is 0 Å². The van der Waals surface area contributed by atoms with Gasteiger partial charge in [-0.05, 0) is 17.7 Å². The van der Waals surface area contributed by atoms with Crippen LogP contribution in [-0.2, 0) is 6.54 Å². The molecule has 0 atom stereocenters. The molecule has 0 aromatic heterocycles. The quantitative estimate of drug-likeness (QED) is 0.787. The molecule has 1 aromatic carbocycles. The second-order valence-corrected chi connectivity index (χ2v) is 3.70. The smallest absolute Gasteiger partial charge is 0.231 e. The van der Waals surface area contributed by atoms with Crippen molar-refractivity contribution in [2.24, 2.45) is 4.99 Å². The van der Waals surface area contributed by atoms with Gasteiger partial charge in [-0.3, -0.25) is 4.99 Å². The Balaban J connectivity index is 0.00000108. The minimum Gasteiger partial charge on any atom is -0.454 e. The van der Waals surface area contributed by atoms with Gasteiger partial charge in [0.05, 0.1) is 6.54 Å².